The van der Waals surface area contributed by atoms with Crippen LogP contribution in [0.3, 0.4) is 0 Å². The van der Waals surface area contributed by atoms with E-state index in [0.717, 1.165) is 6.54 Å². The van der Waals surface area contributed by atoms with E-state index in [1.807, 2.05) is 6.07 Å². The van der Waals surface area contributed by atoms with Crippen LogP contribution in [0, 0.1) is 6.92 Å². The summed E-state index contributed by atoms with van der Waals surface area (Å²) in [5, 5.41) is 4.49. The number of H-pyrrole nitrogens is 1. The van der Waals surface area contributed by atoms with Crippen molar-refractivity contribution < 1.29 is 0 Å². The van der Waals surface area contributed by atoms with E-state index in [1.165, 1.54) is 22.2 Å². The molecule has 0 saturated carbocycles. The quantitative estimate of drug-likeness (QED) is 0.260. The molecule has 2 aromatic rings. The first-order valence-corrected chi connectivity index (χ1v) is 5.03. The molecule has 0 amide bonds. The van der Waals surface area contributed by atoms with Crippen LogP contribution in [0.25, 0.3) is 10.9 Å². The van der Waals surface area contributed by atoms with Gasteiger partial charge in [0.1, 0.15) is 0 Å². The number of rotatable bonds is 4. The Labute approximate surface area is 88.8 Å². The zero-order chi connectivity index (χ0) is 10.7. The van der Waals surface area contributed by atoms with Crippen LogP contribution in [-0.4, -0.2) is 11.7 Å². The van der Waals surface area contributed by atoms with Crippen LogP contribution in [0.4, 0.5) is 0 Å². The molecule has 80 valence electrons. The zero-order valence-corrected chi connectivity index (χ0v) is 8.80. The highest BCUT2D eigenvalue weighted by atomic mass is 15.3. The number of para-hydroxylation sites is 1. The topological polar surface area (TPSA) is 65.9 Å². The molecule has 15 heavy (non-hydrogen) atoms. The van der Waals surface area contributed by atoms with Gasteiger partial charge in [-0.25, -0.2) is 5.43 Å². The number of aromatic nitrogens is 1. The summed E-state index contributed by atoms with van der Waals surface area (Å²) in [4.78, 5) is 3.36. The number of fused-ring (bicyclic) bond motifs is 1. The number of hydrogen-bond donors (Lipinski definition) is 4. The zero-order valence-electron chi connectivity index (χ0n) is 8.80. The van der Waals surface area contributed by atoms with Crippen LogP contribution in [0.1, 0.15) is 11.3 Å². The van der Waals surface area contributed by atoms with Gasteiger partial charge in [-0.1, -0.05) is 18.2 Å². The highest BCUT2D eigenvalue weighted by molar-refractivity contribution is 5.84. The summed E-state index contributed by atoms with van der Waals surface area (Å²) >= 11 is 0. The molecule has 1 aromatic carbocycles. The van der Waals surface area contributed by atoms with Crippen LogP contribution in [-0.2, 0) is 6.54 Å². The molecule has 0 fully saturated rings. The number of aryl methyl sites for hydroxylation is 1. The lowest BCUT2D eigenvalue weighted by atomic mass is 10.1. The first-order valence-electron chi connectivity index (χ1n) is 5.03. The van der Waals surface area contributed by atoms with Crippen molar-refractivity contribution in [3.05, 3.63) is 35.5 Å². The van der Waals surface area contributed by atoms with Crippen molar-refractivity contribution in [1.82, 2.24) is 15.7 Å². The Morgan fingerprint density at radius 3 is 2.93 bits per heavy atom. The smallest absolute Gasteiger partial charge is 0.0590 e. The lowest BCUT2D eigenvalue weighted by Crippen LogP contribution is -2.33. The van der Waals surface area contributed by atoms with Crippen molar-refractivity contribution in [2.75, 3.05) is 6.67 Å². The highest BCUT2D eigenvalue weighted by Crippen LogP contribution is 2.21. The maximum atomic E-state index is 5.20. The molecule has 0 spiro atoms. The van der Waals surface area contributed by atoms with Crippen LogP contribution in [0.15, 0.2) is 24.3 Å². The molecule has 0 radical (unpaired) electrons. The summed E-state index contributed by atoms with van der Waals surface area (Å²) in [5.41, 5.74) is 6.28. The van der Waals surface area contributed by atoms with Crippen LogP contribution in [0.2, 0.25) is 0 Å². The molecule has 2 rings (SSSR count). The Morgan fingerprint density at radius 2 is 2.13 bits per heavy atom. The lowest BCUT2D eigenvalue weighted by Gasteiger charge is -2.03. The predicted octanol–water partition coefficient (Wildman–Crippen LogP) is 0.987. The maximum absolute atomic E-state index is 5.20. The minimum atomic E-state index is 0.610. The van der Waals surface area contributed by atoms with E-state index in [0.29, 0.717) is 6.67 Å². The van der Waals surface area contributed by atoms with Gasteiger partial charge in [-0.05, 0) is 18.6 Å². The first-order chi connectivity index (χ1) is 7.33. The largest absolute Gasteiger partial charge is 0.358 e. The summed E-state index contributed by atoms with van der Waals surface area (Å²) in [6.45, 7) is 3.52. The summed E-state index contributed by atoms with van der Waals surface area (Å²) < 4.78 is 0. The predicted molar refractivity (Wildman–Crippen MR) is 62.1 cm³/mol. The fraction of sp³-hybridized carbons (Fsp3) is 0.273. The Bertz CT molecular complexity index is 447. The lowest BCUT2D eigenvalue weighted by molar-refractivity contribution is 0.601. The van der Waals surface area contributed by atoms with E-state index < -0.39 is 0 Å². The van der Waals surface area contributed by atoms with E-state index in [9.17, 15) is 0 Å². The third-order valence-corrected chi connectivity index (χ3v) is 2.56. The number of aromatic amines is 1. The van der Waals surface area contributed by atoms with E-state index in [-0.39, 0.29) is 0 Å². The van der Waals surface area contributed by atoms with E-state index in [2.05, 4.69) is 40.8 Å². The molecule has 5 N–H and O–H groups in total. The van der Waals surface area contributed by atoms with Crippen molar-refractivity contribution >= 4 is 10.9 Å². The van der Waals surface area contributed by atoms with Gasteiger partial charge >= 0.3 is 0 Å². The van der Waals surface area contributed by atoms with Gasteiger partial charge in [0.15, 0.2) is 0 Å². The average molecular weight is 204 g/mol. The highest BCUT2D eigenvalue weighted by Gasteiger charge is 2.06. The van der Waals surface area contributed by atoms with Gasteiger partial charge in [0, 0.05) is 23.1 Å². The standard InChI is InChI=1S/C11H16N4/c1-8-10(6-13-7-14-12)9-4-2-3-5-11(9)15-8/h2-5,13-15H,6-7,12H2,1H3. The summed E-state index contributed by atoms with van der Waals surface area (Å²) in [7, 11) is 0. The van der Waals surface area contributed by atoms with Crippen molar-refractivity contribution in [2.45, 2.75) is 13.5 Å². The minimum absolute atomic E-state index is 0.610. The first kappa shape index (κ1) is 10.2. The van der Waals surface area contributed by atoms with Crippen LogP contribution < -0.4 is 16.6 Å². The molecule has 0 aliphatic heterocycles. The van der Waals surface area contributed by atoms with Gasteiger partial charge in [-0.3, -0.25) is 11.2 Å². The molecule has 4 nitrogen and oxygen atoms in total. The molecule has 0 atom stereocenters. The van der Waals surface area contributed by atoms with Gasteiger partial charge in [0.2, 0.25) is 0 Å². The second-order valence-electron chi connectivity index (χ2n) is 3.58. The van der Waals surface area contributed by atoms with E-state index in [4.69, 9.17) is 5.84 Å². The Kier molecular flexibility index (Phi) is 3.01. The molecule has 0 aliphatic carbocycles. The molecule has 0 saturated heterocycles. The third-order valence-electron chi connectivity index (χ3n) is 2.56. The number of nitrogens with two attached hydrogens (primary N) is 1. The molecule has 0 bridgehead atoms. The van der Waals surface area contributed by atoms with Crippen molar-refractivity contribution in [3.63, 3.8) is 0 Å². The normalized spacial score (nSPS) is 11.1. The third kappa shape index (κ3) is 2.02. The van der Waals surface area contributed by atoms with Crippen LogP contribution in [0.5, 0.6) is 0 Å². The molecular formula is C11H16N4. The Morgan fingerprint density at radius 1 is 1.33 bits per heavy atom. The van der Waals surface area contributed by atoms with Gasteiger partial charge in [0.25, 0.3) is 0 Å². The van der Waals surface area contributed by atoms with Crippen LogP contribution >= 0.6 is 0 Å². The van der Waals surface area contributed by atoms with Gasteiger partial charge in [0.05, 0.1) is 6.67 Å². The molecular weight excluding hydrogens is 188 g/mol. The van der Waals surface area contributed by atoms with Crippen molar-refractivity contribution in [2.24, 2.45) is 5.84 Å². The second kappa shape index (κ2) is 4.44. The maximum Gasteiger partial charge on any atom is 0.0590 e. The number of hydrogen-bond acceptors (Lipinski definition) is 3. The number of hydrazine groups is 1. The number of nitrogens with one attached hydrogen (secondary N) is 3. The van der Waals surface area contributed by atoms with Gasteiger partial charge in [-0.2, -0.15) is 0 Å². The monoisotopic (exact) mass is 204 g/mol. The summed E-state index contributed by atoms with van der Waals surface area (Å²) in [6, 6.07) is 8.32. The Hall–Kier alpha value is -1.36. The van der Waals surface area contributed by atoms with Gasteiger partial charge in [-0.15, -0.1) is 0 Å². The molecule has 0 unspecified atom stereocenters. The van der Waals surface area contributed by atoms with E-state index in [1.54, 1.807) is 0 Å². The average Bonchev–Trinajstić information content (AvgIpc) is 2.56. The second-order valence-corrected chi connectivity index (χ2v) is 3.58. The SMILES string of the molecule is Cc1[nH]c2ccccc2c1CNCNN. The van der Waals surface area contributed by atoms with Crippen molar-refractivity contribution in [3.8, 4) is 0 Å². The molecule has 4 heteroatoms. The molecule has 1 heterocycles. The molecule has 1 aromatic heterocycles. The fourth-order valence-corrected chi connectivity index (χ4v) is 1.82. The van der Waals surface area contributed by atoms with Gasteiger partial charge < -0.3 is 4.98 Å². The summed E-state index contributed by atoms with van der Waals surface area (Å²) in [5.74, 6) is 5.20. The molecule has 0 aliphatic rings. The van der Waals surface area contributed by atoms with E-state index >= 15 is 0 Å². The number of benzene rings is 1. The Balaban J connectivity index is 2.28. The van der Waals surface area contributed by atoms with Crippen molar-refractivity contribution in [1.29, 1.82) is 0 Å². The fourth-order valence-electron chi connectivity index (χ4n) is 1.82. The summed E-state index contributed by atoms with van der Waals surface area (Å²) in [6.07, 6.45) is 0. The minimum Gasteiger partial charge on any atom is -0.358 e.